The summed E-state index contributed by atoms with van der Waals surface area (Å²) in [6, 6.07) is 4.03. The average Bonchev–Trinajstić information content (AvgIpc) is 2.40. The van der Waals surface area contributed by atoms with Gasteiger partial charge >= 0.3 is 6.03 Å². The Bertz CT molecular complexity index is 385. The fraction of sp³-hybridized carbons (Fsp3) is 0.571. The van der Waals surface area contributed by atoms with Crippen molar-refractivity contribution in [1.82, 2.24) is 14.8 Å². The molecule has 1 aliphatic heterocycles. The van der Waals surface area contributed by atoms with E-state index in [0.29, 0.717) is 6.54 Å². The third-order valence-electron chi connectivity index (χ3n) is 3.55. The lowest BCUT2D eigenvalue weighted by molar-refractivity contribution is 0.141. The molecule has 0 atom stereocenters. The number of aromatic nitrogens is 1. The molecule has 0 unspecified atom stereocenters. The molecule has 0 bridgehead atoms. The summed E-state index contributed by atoms with van der Waals surface area (Å²) in [5.74, 6) is 0.750. The summed E-state index contributed by atoms with van der Waals surface area (Å²) in [6.07, 6.45) is 5.76. The van der Waals surface area contributed by atoms with E-state index >= 15 is 0 Å². The summed E-state index contributed by atoms with van der Waals surface area (Å²) in [5.41, 5.74) is 1.12. The first kappa shape index (κ1) is 12.9. The zero-order valence-corrected chi connectivity index (χ0v) is 11.2. The molecule has 4 nitrogen and oxygen atoms in total. The Balaban J connectivity index is 1.89. The van der Waals surface area contributed by atoms with E-state index in [1.165, 1.54) is 0 Å². The number of rotatable bonds is 2. The van der Waals surface area contributed by atoms with E-state index in [0.717, 1.165) is 37.4 Å². The Morgan fingerprint density at radius 2 is 2.00 bits per heavy atom. The number of nitrogens with zero attached hydrogens (tertiary/aromatic N) is 3. The summed E-state index contributed by atoms with van der Waals surface area (Å²) in [6.45, 7) is 4.68. The van der Waals surface area contributed by atoms with Crippen LogP contribution in [-0.4, -0.2) is 41.0 Å². The quantitative estimate of drug-likeness (QED) is 0.804. The predicted octanol–water partition coefficient (Wildman–Crippen LogP) is 2.37. The number of likely N-dealkylation sites (tertiary alicyclic amines) is 1. The van der Waals surface area contributed by atoms with Crippen LogP contribution in [0.1, 0.15) is 25.3 Å². The fourth-order valence-corrected chi connectivity index (χ4v) is 2.27. The van der Waals surface area contributed by atoms with Crippen molar-refractivity contribution in [2.75, 3.05) is 20.1 Å². The lowest BCUT2D eigenvalue weighted by Crippen LogP contribution is -2.44. The van der Waals surface area contributed by atoms with Gasteiger partial charge in [0.25, 0.3) is 0 Å². The van der Waals surface area contributed by atoms with Gasteiger partial charge in [0.15, 0.2) is 0 Å². The van der Waals surface area contributed by atoms with Crippen LogP contribution in [0.4, 0.5) is 4.79 Å². The van der Waals surface area contributed by atoms with Crippen LogP contribution in [-0.2, 0) is 6.54 Å². The molecule has 0 spiro atoms. The first-order chi connectivity index (χ1) is 8.66. The Morgan fingerprint density at radius 1 is 1.39 bits per heavy atom. The van der Waals surface area contributed by atoms with E-state index in [2.05, 4.69) is 11.9 Å². The summed E-state index contributed by atoms with van der Waals surface area (Å²) in [7, 11) is 1.86. The van der Waals surface area contributed by atoms with Crippen molar-refractivity contribution >= 4 is 6.03 Å². The van der Waals surface area contributed by atoms with E-state index in [1.54, 1.807) is 17.3 Å². The van der Waals surface area contributed by atoms with Gasteiger partial charge in [-0.3, -0.25) is 4.98 Å². The minimum Gasteiger partial charge on any atom is -0.325 e. The number of carbonyl (C=O) groups excluding carboxylic acids is 1. The molecule has 0 aromatic carbocycles. The van der Waals surface area contributed by atoms with Gasteiger partial charge in [0.05, 0.1) is 0 Å². The first-order valence-corrected chi connectivity index (χ1v) is 6.56. The molecule has 98 valence electrons. The SMILES string of the molecule is CC1CCN(C(=O)N(C)Cc2ccncc2)CC1. The van der Waals surface area contributed by atoms with Crippen molar-refractivity contribution in [2.45, 2.75) is 26.3 Å². The molecule has 0 saturated carbocycles. The molecule has 0 radical (unpaired) electrons. The Hall–Kier alpha value is -1.58. The number of amides is 2. The largest absolute Gasteiger partial charge is 0.325 e. The van der Waals surface area contributed by atoms with Gasteiger partial charge in [-0.1, -0.05) is 6.92 Å². The summed E-state index contributed by atoms with van der Waals surface area (Å²) >= 11 is 0. The van der Waals surface area contributed by atoms with Crippen LogP contribution in [0.25, 0.3) is 0 Å². The minimum atomic E-state index is 0.138. The lowest BCUT2D eigenvalue weighted by Gasteiger charge is -2.33. The van der Waals surface area contributed by atoms with E-state index in [4.69, 9.17) is 0 Å². The molecule has 4 heteroatoms. The van der Waals surface area contributed by atoms with Crippen molar-refractivity contribution in [1.29, 1.82) is 0 Å². The highest BCUT2D eigenvalue weighted by molar-refractivity contribution is 5.74. The van der Waals surface area contributed by atoms with Gasteiger partial charge in [-0.15, -0.1) is 0 Å². The van der Waals surface area contributed by atoms with Crippen LogP contribution < -0.4 is 0 Å². The molecular weight excluding hydrogens is 226 g/mol. The molecule has 2 rings (SSSR count). The number of urea groups is 1. The summed E-state index contributed by atoms with van der Waals surface area (Å²) in [5, 5.41) is 0. The number of pyridine rings is 1. The Labute approximate surface area is 109 Å². The van der Waals surface area contributed by atoms with Crippen molar-refractivity contribution in [3.8, 4) is 0 Å². The smallest absolute Gasteiger partial charge is 0.320 e. The van der Waals surface area contributed by atoms with Crippen LogP contribution >= 0.6 is 0 Å². The van der Waals surface area contributed by atoms with E-state index in [-0.39, 0.29) is 6.03 Å². The predicted molar refractivity (Wildman–Crippen MR) is 71.1 cm³/mol. The standard InChI is InChI=1S/C14H21N3O/c1-12-5-9-17(10-6-12)14(18)16(2)11-13-3-7-15-8-4-13/h3-4,7-8,12H,5-6,9-11H2,1-2H3. The van der Waals surface area contributed by atoms with Crippen molar-refractivity contribution < 1.29 is 4.79 Å². The van der Waals surface area contributed by atoms with E-state index < -0.39 is 0 Å². The number of piperidine rings is 1. The lowest BCUT2D eigenvalue weighted by atomic mass is 10.00. The molecule has 1 aromatic rings. The summed E-state index contributed by atoms with van der Waals surface area (Å²) < 4.78 is 0. The van der Waals surface area contributed by atoms with Crippen LogP contribution in [0.5, 0.6) is 0 Å². The number of hydrogen-bond donors (Lipinski definition) is 0. The van der Waals surface area contributed by atoms with Gasteiger partial charge in [0.1, 0.15) is 0 Å². The van der Waals surface area contributed by atoms with Crippen molar-refractivity contribution in [3.05, 3.63) is 30.1 Å². The molecule has 1 aromatic heterocycles. The number of hydrogen-bond acceptors (Lipinski definition) is 2. The topological polar surface area (TPSA) is 36.4 Å². The van der Waals surface area contributed by atoms with E-state index in [1.807, 2.05) is 24.1 Å². The Kier molecular flexibility index (Phi) is 4.18. The molecule has 1 saturated heterocycles. The molecule has 1 aliphatic rings. The maximum atomic E-state index is 12.2. The van der Waals surface area contributed by atoms with Crippen LogP contribution in [0.2, 0.25) is 0 Å². The highest BCUT2D eigenvalue weighted by atomic mass is 16.2. The van der Waals surface area contributed by atoms with Crippen LogP contribution in [0.15, 0.2) is 24.5 Å². The van der Waals surface area contributed by atoms with Gasteiger partial charge in [0.2, 0.25) is 0 Å². The molecule has 0 N–H and O–H groups in total. The van der Waals surface area contributed by atoms with Crippen molar-refractivity contribution in [2.24, 2.45) is 5.92 Å². The maximum Gasteiger partial charge on any atom is 0.320 e. The number of carbonyl (C=O) groups is 1. The average molecular weight is 247 g/mol. The first-order valence-electron chi connectivity index (χ1n) is 6.56. The zero-order chi connectivity index (χ0) is 13.0. The molecule has 2 amide bonds. The monoisotopic (exact) mass is 247 g/mol. The normalized spacial score (nSPS) is 16.7. The third kappa shape index (κ3) is 3.22. The van der Waals surface area contributed by atoms with Crippen LogP contribution in [0, 0.1) is 5.92 Å². The molecule has 2 heterocycles. The molecule has 18 heavy (non-hydrogen) atoms. The van der Waals surface area contributed by atoms with Crippen molar-refractivity contribution in [3.63, 3.8) is 0 Å². The molecular formula is C14H21N3O. The second-order valence-electron chi connectivity index (χ2n) is 5.16. The van der Waals surface area contributed by atoms with E-state index in [9.17, 15) is 4.79 Å². The molecule has 1 fully saturated rings. The maximum absolute atomic E-state index is 12.2. The molecule has 0 aliphatic carbocycles. The van der Waals surface area contributed by atoms with Gasteiger partial charge in [-0.25, -0.2) is 4.79 Å². The Morgan fingerprint density at radius 3 is 2.61 bits per heavy atom. The zero-order valence-electron chi connectivity index (χ0n) is 11.2. The summed E-state index contributed by atoms with van der Waals surface area (Å²) in [4.78, 5) is 20.0. The van der Waals surface area contributed by atoms with Gasteiger partial charge < -0.3 is 9.80 Å². The highest BCUT2D eigenvalue weighted by Gasteiger charge is 2.22. The second kappa shape index (κ2) is 5.85. The highest BCUT2D eigenvalue weighted by Crippen LogP contribution is 2.17. The van der Waals surface area contributed by atoms with Gasteiger partial charge in [-0.05, 0) is 36.5 Å². The van der Waals surface area contributed by atoms with Crippen LogP contribution in [0.3, 0.4) is 0 Å². The third-order valence-corrected chi connectivity index (χ3v) is 3.55. The fourth-order valence-electron chi connectivity index (χ4n) is 2.27. The minimum absolute atomic E-state index is 0.138. The second-order valence-corrected chi connectivity index (χ2v) is 5.16. The van der Waals surface area contributed by atoms with Gasteiger partial charge in [0, 0.05) is 39.1 Å². The van der Waals surface area contributed by atoms with Gasteiger partial charge in [-0.2, -0.15) is 0 Å².